The quantitative estimate of drug-likeness (QED) is 0.585. The van der Waals surface area contributed by atoms with Gasteiger partial charge in [0.2, 0.25) is 0 Å². The monoisotopic (exact) mass is 298 g/mol. The van der Waals surface area contributed by atoms with E-state index in [4.69, 9.17) is 9.47 Å². The second kappa shape index (κ2) is 7.02. The van der Waals surface area contributed by atoms with Gasteiger partial charge in [0.1, 0.15) is 5.75 Å². The highest BCUT2D eigenvalue weighted by Gasteiger charge is 2.14. The van der Waals surface area contributed by atoms with Crippen LogP contribution in [0.1, 0.15) is 31.2 Å². The molecule has 0 spiro atoms. The van der Waals surface area contributed by atoms with Gasteiger partial charge < -0.3 is 9.47 Å². The van der Waals surface area contributed by atoms with Gasteiger partial charge in [-0.15, -0.1) is 0 Å². The first-order chi connectivity index (χ1) is 8.38. The Labute approximate surface area is 111 Å². The molecule has 1 aromatic rings. The summed E-state index contributed by atoms with van der Waals surface area (Å²) in [5.41, 5.74) is 1.25. The molecule has 0 N–H and O–H groups in total. The van der Waals surface area contributed by atoms with Gasteiger partial charge in [-0.05, 0) is 43.4 Å². The zero-order chi connectivity index (χ0) is 11.9. The molecule has 0 aromatic heterocycles. The topological polar surface area (TPSA) is 18.5 Å². The number of hydrogen-bond acceptors (Lipinski definition) is 2. The lowest BCUT2D eigenvalue weighted by Crippen LogP contribution is -2.07. The van der Waals surface area contributed by atoms with E-state index in [0.29, 0.717) is 6.10 Å². The molecule has 2 rings (SSSR count). The van der Waals surface area contributed by atoms with E-state index in [2.05, 4.69) is 28.1 Å². The molecule has 2 nitrogen and oxygen atoms in total. The number of alkyl halides is 1. The molecule has 0 saturated carbocycles. The van der Waals surface area contributed by atoms with Crippen molar-refractivity contribution in [1.82, 2.24) is 0 Å². The van der Waals surface area contributed by atoms with Gasteiger partial charge in [0.15, 0.2) is 0 Å². The van der Waals surface area contributed by atoms with Crippen LogP contribution in [0.5, 0.6) is 5.75 Å². The number of halogens is 1. The van der Waals surface area contributed by atoms with Crippen molar-refractivity contribution < 1.29 is 9.47 Å². The molecule has 1 aromatic carbocycles. The van der Waals surface area contributed by atoms with E-state index in [-0.39, 0.29) is 0 Å². The maximum atomic E-state index is 5.73. The van der Waals surface area contributed by atoms with Crippen LogP contribution in [0.4, 0.5) is 0 Å². The smallest absolute Gasteiger partial charge is 0.119 e. The van der Waals surface area contributed by atoms with E-state index in [1.54, 1.807) is 0 Å². The number of rotatable bonds is 6. The van der Waals surface area contributed by atoms with Crippen molar-refractivity contribution in [2.24, 2.45) is 0 Å². The Hall–Kier alpha value is -0.540. The highest BCUT2D eigenvalue weighted by atomic mass is 79.9. The van der Waals surface area contributed by atoms with Crippen molar-refractivity contribution in [2.75, 3.05) is 13.2 Å². The van der Waals surface area contributed by atoms with Gasteiger partial charge in [0.25, 0.3) is 0 Å². The predicted molar refractivity (Wildman–Crippen MR) is 72.8 cm³/mol. The first kappa shape index (κ1) is 12.9. The third-order valence-electron chi connectivity index (χ3n) is 3.02. The molecule has 0 bridgehead atoms. The zero-order valence-corrected chi connectivity index (χ0v) is 11.6. The summed E-state index contributed by atoms with van der Waals surface area (Å²) in [5.74, 6) is 0.967. The Morgan fingerprint density at radius 3 is 3.12 bits per heavy atom. The first-order valence-electron chi connectivity index (χ1n) is 6.28. The SMILES string of the molecule is BrCc1cccc(OCCCC2CCCO2)c1. The minimum absolute atomic E-state index is 0.479. The van der Waals surface area contributed by atoms with Crippen molar-refractivity contribution in [1.29, 1.82) is 0 Å². The van der Waals surface area contributed by atoms with Crippen LogP contribution in [-0.4, -0.2) is 19.3 Å². The third-order valence-corrected chi connectivity index (χ3v) is 3.66. The van der Waals surface area contributed by atoms with E-state index in [1.807, 2.05) is 12.1 Å². The molecular weight excluding hydrogens is 280 g/mol. The van der Waals surface area contributed by atoms with Crippen molar-refractivity contribution in [3.63, 3.8) is 0 Å². The van der Waals surface area contributed by atoms with E-state index in [0.717, 1.165) is 37.1 Å². The third kappa shape index (κ3) is 4.32. The van der Waals surface area contributed by atoms with Gasteiger partial charge in [-0.1, -0.05) is 28.1 Å². The van der Waals surface area contributed by atoms with Crippen molar-refractivity contribution >= 4 is 15.9 Å². The second-order valence-electron chi connectivity index (χ2n) is 4.41. The van der Waals surface area contributed by atoms with Gasteiger partial charge >= 0.3 is 0 Å². The molecular formula is C14H19BrO2. The maximum absolute atomic E-state index is 5.73. The Balaban J connectivity index is 1.66. The Morgan fingerprint density at radius 1 is 1.41 bits per heavy atom. The summed E-state index contributed by atoms with van der Waals surface area (Å²) >= 11 is 3.45. The van der Waals surface area contributed by atoms with Crippen LogP contribution in [0.15, 0.2) is 24.3 Å². The van der Waals surface area contributed by atoms with Crippen LogP contribution in [0, 0.1) is 0 Å². The van der Waals surface area contributed by atoms with E-state index >= 15 is 0 Å². The molecule has 1 saturated heterocycles. The Kier molecular flexibility index (Phi) is 5.33. The predicted octanol–water partition coefficient (Wildman–Crippen LogP) is 3.92. The Bertz CT molecular complexity index is 335. The summed E-state index contributed by atoms with van der Waals surface area (Å²) in [7, 11) is 0. The number of benzene rings is 1. The molecule has 0 amide bonds. The molecule has 1 fully saturated rings. The lowest BCUT2D eigenvalue weighted by Gasteiger charge is -2.10. The molecule has 3 heteroatoms. The van der Waals surface area contributed by atoms with E-state index in [9.17, 15) is 0 Å². The maximum Gasteiger partial charge on any atom is 0.119 e. The minimum atomic E-state index is 0.479. The molecule has 1 heterocycles. The van der Waals surface area contributed by atoms with Crippen LogP contribution in [0.25, 0.3) is 0 Å². The molecule has 1 atom stereocenters. The molecule has 1 aliphatic heterocycles. The van der Waals surface area contributed by atoms with Crippen molar-refractivity contribution in [2.45, 2.75) is 37.1 Å². The van der Waals surface area contributed by atoms with Crippen molar-refractivity contribution in [3.05, 3.63) is 29.8 Å². The van der Waals surface area contributed by atoms with E-state index in [1.165, 1.54) is 18.4 Å². The molecule has 17 heavy (non-hydrogen) atoms. The summed E-state index contributed by atoms with van der Waals surface area (Å²) in [6, 6.07) is 8.22. The molecule has 94 valence electrons. The van der Waals surface area contributed by atoms with Crippen LogP contribution in [0.3, 0.4) is 0 Å². The highest BCUT2D eigenvalue weighted by molar-refractivity contribution is 9.08. The summed E-state index contributed by atoms with van der Waals surface area (Å²) in [4.78, 5) is 0. The number of hydrogen-bond donors (Lipinski definition) is 0. The molecule has 0 radical (unpaired) electrons. The lowest BCUT2D eigenvalue weighted by atomic mass is 10.1. The molecule has 0 aliphatic carbocycles. The normalized spacial score (nSPS) is 19.5. The average molecular weight is 299 g/mol. The summed E-state index contributed by atoms with van der Waals surface area (Å²) in [5, 5.41) is 0.875. The van der Waals surface area contributed by atoms with Gasteiger partial charge in [0, 0.05) is 11.9 Å². The van der Waals surface area contributed by atoms with Gasteiger partial charge in [0.05, 0.1) is 12.7 Å². The van der Waals surface area contributed by atoms with Crippen LogP contribution < -0.4 is 4.74 Å². The summed E-state index contributed by atoms with van der Waals surface area (Å²) in [6.07, 6.45) is 5.12. The molecule has 1 unspecified atom stereocenters. The highest BCUT2D eigenvalue weighted by Crippen LogP contribution is 2.18. The van der Waals surface area contributed by atoms with Gasteiger partial charge in [-0.25, -0.2) is 0 Å². The molecule has 1 aliphatic rings. The fourth-order valence-electron chi connectivity index (χ4n) is 2.09. The summed E-state index contributed by atoms with van der Waals surface area (Å²) in [6.45, 7) is 1.73. The standard InChI is InChI=1S/C14H19BrO2/c15-11-12-4-1-5-14(10-12)17-9-3-7-13-6-2-8-16-13/h1,4-5,10,13H,2-3,6-9,11H2. The van der Waals surface area contributed by atoms with Crippen LogP contribution >= 0.6 is 15.9 Å². The van der Waals surface area contributed by atoms with Gasteiger partial charge in [-0.2, -0.15) is 0 Å². The van der Waals surface area contributed by atoms with Crippen LogP contribution in [0.2, 0.25) is 0 Å². The zero-order valence-electron chi connectivity index (χ0n) is 10.0. The largest absolute Gasteiger partial charge is 0.494 e. The van der Waals surface area contributed by atoms with Crippen LogP contribution in [-0.2, 0) is 10.1 Å². The second-order valence-corrected chi connectivity index (χ2v) is 4.97. The lowest BCUT2D eigenvalue weighted by molar-refractivity contribution is 0.0981. The Morgan fingerprint density at radius 2 is 2.35 bits per heavy atom. The van der Waals surface area contributed by atoms with E-state index < -0.39 is 0 Å². The minimum Gasteiger partial charge on any atom is -0.494 e. The fraction of sp³-hybridized carbons (Fsp3) is 0.571. The van der Waals surface area contributed by atoms with Gasteiger partial charge in [-0.3, -0.25) is 0 Å². The number of ether oxygens (including phenoxy) is 2. The fourth-order valence-corrected chi connectivity index (χ4v) is 2.44. The first-order valence-corrected chi connectivity index (χ1v) is 7.40. The summed E-state index contributed by atoms with van der Waals surface area (Å²) < 4.78 is 11.3. The average Bonchev–Trinajstić information content (AvgIpc) is 2.88. The van der Waals surface area contributed by atoms with Crippen molar-refractivity contribution in [3.8, 4) is 5.75 Å².